The summed E-state index contributed by atoms with van der Waals surface area (Å²) < 4.78 is 10.9. The molecule has 0 spiro atoms. The van der Waals surface area contributed by atoms with E-state index >= 15 is 0 Å². The normalized spacial score (nSPS) is 10.8. The van der Waals surface area contributed by atoms with Gasteiger partial charge >= 0.3 is 0 Å². The van der Waals surface area contributed by atoms with E-state index in [0.717, 1.165) is 10.9 Å². The van der Waals surface area contributed by atoms with Gasteiger partial charge in [-0.25, -0.2) is 0 Å². The van der Waals surface area contributed by atoms with Gasteiger partial charge in [-0.1, -0.05) is 0 Å². The number of nitrogen functional groups attached to an aromatic ring is 1. The lowest BCUT2D eigenvalue weighted by Gasteiger charge is -1.99. The van der Waals surface area contributed by atoms with Gasteiger partial charge in [-0.15, -0.1) is 0 Å². The van der Waals surface area contributed by atoms with Crippen LogP contribution in [0.5, 0.6) is 5.75 Å². The Labute approximate surface area is 122 Å². The summed E-state index contributed by atoms with van der Waals surface area (Å²) in [6.45, 7) is 1.88. The first-order valence-corrected chi connectivity index (χ1v) is 6.57. The molecule has 3 rings (SSSR count). The second-order valence-electron chi connectivity index (χ2n) is 4.87. The Kier molecular flexibility index (Phi) is 3.14. The number of anilines is 1. The van der Waals surface area contributed by atoms with E-state index in [1.807, 2.05) is 19.1 Å². The molecule has 0 fully saturated rings. The highest BCUT2D eigenvalue weighted by molar-refractivity contribution is 6.10. The van der Waals surface area contributed by atoms with E-state index in [4.69, 9.17) is 14.9 Å². The van der Waals surface area contributed by atoms with Crippen LogP contribution in [0.15, 0.2) is 46.9 Å². The Bertz CT molecular complexity index is 816. The summed E-state index contributed by atoms with van der Waals surface area (Å²) in [7, 11) is 1.59. The van der Waals surface area contributed by atoms with Crippen molar-refractivity contribution in [1.82, 2.24) is 0 Å². The van der Waals surface area contributed by atoms with Gasteiger partial charge < -0.3 is 14.9 Å². The summed E-state index contributed by atoms with van der Waals surface area (Å²) in [6, 6.07) is 12.3. The molecule has 0 aliphatic rings. The van der Waals surface area contributed by atoms with Gasteiger partial charge in [0.1, 0.15) is 11.3 Å². The molecule has 21 heavy (non-hydrogen) atoms. The van der Waals surface area contributed by atoms with Crippen LogP contribution in [0.25, 0.3) is 11.0 Å². The largest absolute Gasteiger partial charge is 0.497 e. The number of carbonyl (C=O) groups excluding carboxylic acids is 1. The molecule has 0 amide bonds. The van der Waals surface area contributed by atoms with Crippen molar-refractivity contribution >= 4 is 22.4 Å². The van der Waals surface area contributed by atoms with Gasteiger partial charge in [0.2, 0.25) is 5.78 Å². The number of hydrogen-bond acceptors (Lipinski definition) is 4. The maximum absolute atomic E-state index is 12.5. The number of fused-ring (bicyclic) bond motifs is 1. The molecule has 0 atom stereocenters. The number of carbonyl (C=O) groups is 1. The van der Waals surface area contributed by atoms with Gasteiger partial charge in [0.15, 0.2) is 5.76 Å². The highest BCUT2D eigenvalue weighted by Crippen LogP contribution is 2.30. The molecule has 4 nitrogen and oxygen atoms in total. The number of furan rings is 1. The number of rotatable bonds is 3. The van der Waals surface area contributed by atoms with E-state index in [9.17, 15) is 4.79 Å². The molecule has 2 N–H and O–H groups in total. The number of hydrogen-bond donors (Lipinski definition) is 1. The predicted octanol–water partition coefficient (Wildman–Crippen LogP) is 3.56. The number of ether oxygens (including phenoxy) is 1. The van der Waals surface area contributed by atoms with Crippen LogP contribution in [0.1, 0.15) is 21.7 Å². The second-order valence-corrected chi connectivity index (χ2v) is 4.87. The van der Waals surface area contributed by atoms with Crippen LogP contribution in [-0.2, 0) is 0 Å². The van der Waals surface area contributed by atoms with Crippen molar-refractivity contribution in [1.29, 1.82) is 0 Å². The molecule has 0 bridgehead atoms. The third-order valence-electron chi connectivity index (χ3n) is 3.52. The first kappa shape index (κ1) is 13.2. The quantitative estimate of drug-likeness (QED) is 0.589. The second kappa shape index (κ2) is 4.98. The summed E-state index contributed by atoms with van der Waals surface area (Å²) in [6.07, 6.45) is 0. The Hall–Kier alpha value is -2.75. The van der Waals surface area contributed by atoms with Crippen molar-refractivity contribution in [2.75, 3.05) is 12.8 Å². The third kappa shape index (κ3) is 2.25. The van der Waals surface area contributed by atoms with Gasteiger partial charge in [-0.3, -0.25) is 4.79 Å². The zero-order chi connectivity index (χ0) is 15.0. The standard InChI is InChI=1S/C17H15NO3/c1-10-14-8-7-13(20-2)9-15(14)21-17(10)16(19)11-3-5-12(18)6-4-11/h3-9H,18H2,1-2H3. The fraction of sp³-hybridized carbons (Fsp3) is 0.118. The lowest BCUT2D eigenvalue weighted by molar-refractivity contribution is 0.101. The van der Waals surface area contributed by atoms with Crippen molar-refractivity contribution in [3.05, 3.63) is 59.4 Å². The molecule has 106 valence electrons. The third-order valence-corrected chi connectivity index (χ3v) is 3.52. The molecular formula is C17H15NO3. The van der Waals surface area contributed by atoms with Crippen LogP contribution >= 0.6 is 0 Å². The minimum Gasteiger partial charge on any atom is -0.497 e. The van der Waals surface area contributed by atoms with Crippen LogP contribution in [-0.4, -0.2) is 12.9 Å². The lowest BCUT2D eigenvalue weighted by Crippen LogP contribution is -2.01. The van der Waals surface area contributed by atoms with Crippen molar-refractivity contribution in [2.24, 2.45) is 0 Å². The van der Waals surface area contributed by atoms with E-state index < -0.39 is 0 Å². The van der Waals surface area contributed by atoms with Gasteiger partial charge in [0, 0.05) is 28.3 Å². The molecule has 1 heterocycles. The molecule has 0 radical (unpaired) electrons. The maximum atomic E-state index is 12.5. The topological polar surface area (TPSA) is 65.5 Å². The van der Waals surface area contributed by atoms with E-state index in [1.54, 1.807) is 37.4 Å². The average Bonchev–Trinajstić information content (AvgIpc) is 2.83. The zero-order valence-electron chi connectivity index (χ0n) is 11.8. The summed E-state index contributed by atoms with van der Waals surface area (Å²) in [5, 5.41) is 0.912. The molecule has 0 aliphatic carbocycles. The van der Waals surface area contributed by atoms with Crippen LogP contribution < -0.4 is 10.5 Å². The fourth-order valence-corrected chi connectivity index (χ4v) is 2.31. The molecule has 2 aromatic carbocycles. The van der Waals surface area contributed by atoms with Crippen LogP contribution in [0, 0.1) is 6.92 Å². The first-order valence-electron chi connectivity index (χ1n) is 6.57. The number of benzene rings is 2. The van der Waals surface area contributed by atoms with Gasteiger partial charge in [-0.05, 0) is 43.3 Å². The molecule has 1 aromatic heterocycles. The zero-order valence-corrected chi connectivity index (χ0v) is 11.8. The van der Waals surface area contributed by atoms with Gasteiger partial charge in [0.05, 0.1) is 7.11 Å². The number of nitrogens with two attached hydrogens (primary N) is 1. The van der Waals surface area contributed by atoms with Crippen LogP contribution in [0.2, 0.25) is 0 Å². The molecule has 0 saturated heterocycles. The SMILES string of the molecule is COc1ccc2c(C)c(C(=O)c3ccc(N)cc3)oc2c1. The van der Waals surface area contributed by atoms with Gasteiger partial charge in [0.25, 0.3) is 0 Å². The molecule has 0 saturated carbocycles. The fourth-order valence-electron chi connectivity index (χ4n) is 2.31. The van der Waals surface area contributed by atoms with E-state index in [-0.39, 0.29) is 5.78 Å². The smallest absolute Gasteiger partial charge is 0.228 e. The van der Waals surface area contributed by atoms with Crippen molar-refractivity contribution < 1.29 is 13.9 Å². The van der Waals surface area contributed by atoms with Gasteiger partial charge in [-0.2, -0.15) is 0 Å². The number of aryl methyl sites for hydroxylation is 1. The number of ketones is 1. The van der Waals surface area contributed by atoms with Crippen molar-refractivity contribution in [3.63, 3.8) is 0 Å². The van der Waals surface area contributed by atoms with Crippen molar-refractivity contribution in [2.45, 2.75) is 6.92 Å². The Morgan fingerprint density at radius 3 is 2.52 bits per heavy atom. The first-order chi connectivity index (χ1) is 10.1. The monoisotopic (exact) mass is 281 g/mol. The summed E-state index contributed by atoms with van der Waals surface area (Å²) in [4.78, 5) is 12.5. The summed E-state index contributed by atoms with van der Waals surface area (Å²) in [5.41, 5.74) is 8.29. The maximum Gasteiger partial charge on any atom is 0.228 e. The highest BCUT2D eigenvalue weighted by Gasteiger charge is 2.19. The molecular weight excluding hydrogens is 266 g/mol. The van der Waals surface area contributed by atoms with E-state index in [1.165, 1.54) is 0 Å². The van der Waals surface area contributed by atoms with E-state index in [2.05, 4.69) is 0 Å². The number of methoxy groups -OCH3 is 1. The average molecular weight is 281 g/mol. The Balaban J connectivity index is 2.09. The predicted molar refractivity (Wildman–Crippen MR) is 81.8 cm³/mol. The molecule has 3 aromatic rings. The molecule has 4 heteroatoms. The van der Waals surface area contributed by atoms with Crippen LogP contribution in [0.4, 0.5) is 5.69 Å². The molecule has 0 unspecified atom stereocenters. The molecule has 0 aliphatic heterocycles. The van der Waals surface area contributed by atoms with E-state index in [0.29, 0.717) is 28.3 Å². The van der Waals surface area contributed by atoms with Crippen molar-refractivity contribution in [3.8, 4) is 5.75 Å². The Morgan fingerprint density at radius 1 is 1.14 bits per heavy atom. The summed E-state index contributed by atoms with van der Waals surface area (Å²) in [5.74, 6) is 0.897. The van der Waals surface area contributed by atoms with Crippen LogP contribution in [0.3, 0.4) is 0 Å². The Morgan fingerprint density at radius 2 is 1.86 bits per heavy atom. The lowest BCUT2D eigenvalue weighted by atomic mass is 10.0. The highest BCUT2D eigenvalue weighted by atomic mass is 16.5. The minimum absolute atomic E-state index is 0.150. The minimum atomic E-state index is -0.150. The summed E-state index contributed by atoms with van der Waals surface area (Å²) >= 11 is 0.